The Morgan fingerprint density at radius 1 is 0.938 bits per heavy atom. The number of amides is 2. The van der Waals surface area contributed by atoms with Crippen molar-refractivity contribution in [3.63, 3.8) is 0 Å². The number of aromatic nitrogens is 1. The minimum Gasteiger partial charge on any atom is -0.391 e. The maximum Gasteiger partial charge on any atom is 0.420 e. The number of carbonyl (C=O) groups is 2. The van der Waals surface area contributed by atoms with Crippen LogP contribution in [-0.2, 0) is 0 Å². The van der Waals surface area contributed by atoms with E-state index in [4.69, 9.17) is 4.74 Å². The Bertz CT molecular complexity index is 1050. The van der Waals surface area contributed by atoms with Gasteiger partial charge in [0.1, 0.15) is 0 Å². The summed E-state index contributed by atoms with van der Waals surface area (Å²) < 4.78 is 5.30. The summed E-state index contributed by atoms with van der Waals surface area (Å²) in [5.74, 6) is -0.0628. The Morgan fingerprint density at radius 3 is 2.31 bits per heavy atom. The Kier molecular flexibility index (Phi) is 6.65. The second-order valence-corrected chi connectivity index (χ2v) is 7.70. The fourth-order valence-electron chi connectivity index (χ4n) is 3.61. The molecule has 0 bridgehead atoms. The summed E-state index contributed by atoms with van der Waals surface area (Å²) in [4.78, 5) is 32.7. The van der Waals surface area contributed by atoms with Crippen LogP contribution < -0.4 is 19.9 Å². The van der Waals surface area contributed by atoms with E-state index >= 15 is 0 Å². The van der Waals surface area contributed by atoms with Crippen molar-refractivity contribution in [3.8, 4) is 5.88 Å². The SMILES string of the molecule is CN(C(=O)Oc1ccc(NC(=O)c2ccc(N3CCCCC3)cc2)cn1)c1ccccc1. The first kappa shape index (κ1) is 21.4. The van der Waals surface area contributed by atoms with Crippen LogP contribution in [0.1, 0.15) is 29.6 Å². The van der Waals surface area contributed by atoms with Gasteiger partial charge in [-0.3, -0.25) is 9.69 Å². The van der Waals surface area contributed by atoms with Gasteiger partial charge < -0.3 is 15.0 Å². The van der Waals surface area contributed by atoms with E-state index in [1.165, 1.54) is 30.4 Å². The number of anilines is 3. The molecular weight excluding hydrogens is 404 g/mol. The van der Waals surface area contributed by atoms with Gasteiger partial charge in [0.05, 0.1) is 11.9 Å². The van der Waals surface area contributed by atoms with Crippen molar-refractivity contribution in [2.75, 3.05) is 35.3 Å². The maximum atomic E-state index is 12.6. The zero-order valence-corrected chi connectivity index (χ0v) is 18.0. The molecule has 0 aliphatic carbocycles. The zero-order chi connectivity index (χ0) is 22.3. The molecule has 1 fully saturated rings. The molecule has 1 N–H and O–H groups in total. The third kappa shape index (κ3) is 5.24. The molecule has 1 saturated heterocycles. The van der Waals surface area contributed by atoms with Crippen LogP contribution in [0.25, 0.3) is 0 Å². The van der Waals surface area contributed by atoms with E-state index in [2.05, 4.69) is 15.2 Å². The zero-order valence-electron chi connectivity index (χ0n) is 18.0. The molecule has 7 nitrogen and oxygen atoms in total. The summed E-state index contributed by atoms with van der Waals surface area (Å²) >= 11 is 0. The second kappa shape index (κ2) is 9.96. The van der Waals surface area contributed by atoms with Crippen LogP contribution in [0.3, 0.4) is 0 Å². The average molecular weight is 431 g/mol. The predicted molar refractivity (Wildman–Crippen MR) is 126 cm³/mol. The highest BCUT2D eigenvalue weighted by molar-refractivity contribution is 6.04. The number of benzene rings is 2. The topological polar surface area (TPSA) is 74.8 Å². The van der Waals surface area contributed by atoms with Crippen molar-refractivity contribution >= 4 is 29.1 Å². The minimum atomic E-state index is -0.547. The van der Waals surface area contributed by atoms with Crippen molar-refractivity contribution in [2.45, 2.75) is 19.3 Å². The first-order chi connectivity index (χ1) is 15.6. The first-order valence-corrected chi connectivity index (χ1v) is 10.7. The van der Waals surface area contributed by atoms with Gasteiger partial charge in [-0.05, 0) is 61.7 Å². The number of pyridine rings is 1. The molecule has 32 heavy (non-hydrogen) atoms. The molecule has 2 aromatic carbocycles. The summed E-state index contributed by atoms with van der Waals surface area (Å²) in [6, 6.07) is 20.0. The molecule has 1 aliphatic rings. The summed E-state index contributed by atoms with van der Waals surface area (Å²) in [7, 11) is 1.63. The van der Waals surface area contributed by atoms with Gasteiger partial charge in [0.2, 0.25) is 5.88 Å². The van der Waals surface area contributed by atoms with Crippen molar-refractivity contribution in [1.82, 2.24) is 4.98 Å². The molecule has 1 aliphatic heterocycles. The molecule has 2 amide bonds. The number of para-hydroxylation sites is 1. The molecule has 0 atom stereocenters. The van der Waals surface area contributed by atoms with Crippen molar-refractivity contribution in [3.05, 3.63) is 78.5 Å². The fourth-order valence-corrected chi connectivity index (χ4v) is 3.61. The molecule has 7 heteroatoms. The predicted octanol–water partition coefficient (Wildman–Crippen LogP) is 4.96. The lowest BCUT2D eigenvalue weighted by atomic mass is 10.1. The van der Waals surface area contributed by atoms with Gasteiger partial charge >= 0.3 is 6.09 Å². The van der Waals surface area contributed by atoms with Gasteiger partial charge in [-0.1, -0.05) is 18.2 Å². The van der Waals surface area contributed by atoms with Crippen LogP contribution in [0.4, 0.5) is 21.9 Å². The molecule has 1 aromatic heterocycles. The normalized spacial score (nSPS) is 13.3. The quantitative estimate of drug-likeness (QED) is 0.619. The number of ether oxygens (including phenoxy) is 1. The number of rotatable bonds is 5. The maximum absolute atomic E-state index is 12.6. The van der Waals surface area contributed by atoms with E-state index in [9.17, 15) is 9.59 Å². The number of hydrogen-bond acceptors (Lipinski definition) is 5. The van der Waals surface area contributed by atoms with Gasteiger partial charge in [0, 0.05) is 43.1 Å². The molecule has 4 rings (SSSR count). The monoisotopic (exact) mass is 430 g/mol. The summed E-state index contributed by atoms with van der Waals surface area (Å²) in [6.45, 7) is 2.13. The van der Waals surface area contributed by atoms with E-state index in [-0.39, 0.29) is 11.8 Å². The van der Waals surface area contributed by atoms with E-state index < -0.39 is 6.09 Å². The lowest BCUT2D eigenvalue weighted by Gasteiger charge is -2.28. The largest absolute Gasteiger partial charge is 0.420 e. The number of nitrogens with one attached hydrogen (secondary N) is 1. The van der Waals surface area contributed by atoms with Gasteiger partial charge in [-0.2, -0.15) is 0 Å². The molecule has 0 unspecified atom stereocenters. The Hall–Kier alpha value is -3.87. The molecule has 2 heterocycles. The Balaban J connectivity index is 1.33. The molecule has 0 saturated carbocycles. The van der Waals surface area contributed by atoms with Crippen molar-refractivity contribution < 1.29 is 14.3 Å². The first-order valence-electron chi connectivity index (χ1n) is 10.7. The third-order valence-electron chi connectivity index (χ3n) is 5.45. The average Bonchev–Trinajstić information content (AvgIpc) is 2.86. The van der Waals surface area contributed by atoms with Crippen LogP contribution >= 0.6 is 0 Å². The molecular formula is C25H26N4O3. The molecule has 3 aromatic rings. The minimum absolute atomic E-state index is 0.154. The van der Waals surface area contributed by atoms with Crippen molar-refractivity contribution in [1.29, 1.82) is 0 Å². The number of piperidine rings is 1. The summed E-state index contributed by atoms with van der Waals surface area (Å²) in [6.07, 6.45) is 4.62. The van der Waals surface area contributed by atoms with Gasteiger partial charge in [-0.15, -0.1) is 0 Å². The van der Waals surface area contributed by atoms with E-state index in [0.29, 0.717) is 16.9 Å². The standard InChI is InChI=1S/C25H26N4O3/c1-28(21-8-4-2-5-9-21)25(31)32-23-15-12-20(18-26-23)27-24(30)19-10-13-22(14-11-19)29-16-6-3-7-17-29/h2,4-5,8-15,18H,3,6-7,16-17H2,1H3,(H,27,30). The molecule has 164 valence electrons. The highest BCUT2D eigenvalue weighted by Crippen LogP contribution is 2.21. The Labute approximate surface area is 187 Å². The lowest BCUT2D eigenvalue weighted by Crippen LogP contribution is -2.29. The summed E-state index contributed by atoms with van der Waals surface area (Å²) in [5, 5.41) is 2.82. The highest BCUT2D eigenvalue weighted by atomic mass is 16.6. The number of nitrogens with zero attached hydrogens (tertiary/aromatic N) is 3. The highest BCUT2D eigenvalue weighted by Gasteiger charge is 2.15. The van der Waals surface area contributed by atoms with Crippen LogP contribution in [0, 0.1) is 0 Å². The van der Waals surface area contributed by atoms with Crippen LogP contribution in [0.5, 0.6) is 5.88 Å². The van der Waals surface area contributed by atoms with E-state index in [1.807, 2.05) is 54.6 Å². The van der Waals surface area contributed by atoms with Gasteiger partial charge in [-0.25, -0.2) is 9.78 Å². The molecule has 0 spiro atoms. The fraction of sp³-hybridized carbons (Fsp3) is 0.240. The summed E-state index contributed by atoms with van der Waals surface area (Å²) in [5.41, 5.74) is 2.96. The van der Waals surface area contributed by atoms with Gasteiger partial charge in [0.15, 0.2) is 0 Å². The van der Waals surface area contributed by atoms with Crippen LogP contribution in [-0.4, -0.2) is 37.1 Å². The van der Waals surface area contributed by atoms with E-state index in [0.717, 1.165) is 18.8 Å². The third-order valence-corrected chi connectivity index (χ3v) is 5.45. The van der Waals surface area contributed by atoms with Crippen LogP contribution in [0.2, 0.25) is 0 Å². The second-order valence-electron chi connectivity index (χ2n) is 7.70. The lowest BCUT2D eigenvalue weighted by molar-refractivity contribution is 0.102. The smallest absolute Gasteiger partial charge is 0.391 e. The number of hydrogen-bond donors (Lipinski definition) is 1. The van der Waals surface area contributed by atoms with E-state index in [1.54, 1.807) is 19.2 Å². The van der Waals surface area contributed by atoms with Crippen LogP contribution in [0.15, 0.2) is 72.9 Å². The molecule has 0 radical (unpaired) electrons. The Morgan fingerprint density at radius 2 is 1.66 bits per heavy atom. The van der Waals surface area contributed by atoms with Crippen molar-refractivity contribution in [2.24, 2.45) is 0 Å². The van der Waals surface area contributed by atoms with Gasteiger partial charge in [0.25, 0.3) is 5.91 Å². The number of carbonyl (C=O) groups excluding carboxylic acids is 2.